The largest absolute Gasteiger partial charge is 0.497 e. The van der Waals surface area contributed by atoms with Crippen LogP contribution in [0.15, 0.2) is 59.5 Å². The third kappa shape index (κ3) is 3.82. The van der Waals surface area contributed by atoms with Crippen LogP contribution in [0.1, 0.15) is 20.3 Å². The number of allylic oxidation sites excluding steroid dienone is 2. The average Bonchev–Trinajstić information content (AvgIpc) is 2.76. The molecular weight excluding hydrogens is 416 g/mol. The molecule has 9 nitrogen and oxygen atoms in total. The van der Waals surface area contributed by atoms with Crippen molar-refractivity contribution >= 4 is 29.4 Å². The first kappa shape index (κ1) is 23.0. The Balaban J connectivity index is 2.20. The smallest absolute Gasteiger partial charge is 0.307 e. The van der Waals surface area contributed by atoms with Crippen LogP contribution in [0.4, 0.5) is 5.69 Å². The number of esters is 1. The second-order valence-corrected chi connectivity index (χ2v) is 7.23. The molecule has 32 heavy (non-hydrogen) atoms. The summed E-state index contributed by atoms with van der Waals surface area (Å²) in [5.74, 6) is -1.67. The van der Waals surface area contributed by atoms with Crippen molar-refractivity contribution in [2.45, 2.75) is 25.9 Å². The summed E-state index contributed by atoms with van der Waals surface area (Å²) in [5, 5.41) is 0. The molecule has 0 radical (unpaired) electrons. The Hall–Kier alpha value is -3.72. The van der Waals surface area contributed by atoms with Gasteiger partial charge in [0, 0.05) is 28.0 Å². The van der Waals surface area contributed by atoms with E-state index in [0.29, 0.717) is 17.1 Å². The van der Waals surface area contributed by atoms with Crippen LogP contribution in [0.2, 0.25) is 0 Å². The minimum Gasteiger partial charge on any atom is -0.497 e. The Morgan fingerprint density at radius 3 is 2.28 bits per heavy atom. The van der Waals surface area contributed by atoms with E-state index in [4.69, 9.17) is 14.2 Å². The van der Waals surface area contributed by atoms with Crippen LogP contribution < -0.4 is 9.64 Å². The standard InChI is InChI=1S/C23H24N2O7/c1-14(26)25(16-8-10-17(30-4)11-9-16)22(29)23(31-5)12-6-7-18-21(23)19(32-15(2)27)13-20(28)24(18)3/h6-12H,13H2,1-5H3. The molecule has 168 valence electrons. The van der Waals surface area contributed by atoms with E-state index in [1.807, 2.05) is 0 Å². The first-order chi connectivity index (χ1) is 15.2. The maximum absolute atomic E-state index is 13.9. The van der Waals surface area contributed by atoms with Gasteiger partial charge in [-0.3, -0.25) is 19.2 Å². The number of anilines is 1. The fourth-order valence-corrected chi connectivity index (χ4v) is 3.78. The lowest BCUT2D eigenvalue weighted by Gasteiger charge is -2.41. The number of hydrogen-bond acceptors (Lipinski definition) is 7. The molecule has 9 heteroatoms. The lowest BCUT2D eigenvalue weighted by molar-refractivity contribution is -0.142. The molecule has 1 aromatic rings. The number of carbonyl (C=O) groups excluding carboxylic acids is 4. The summed E-state index contributed by atoms with van der Waals surface area (Å²) in [4.78, 5) is 53.1. The number of fused-ring (bicyclic) bond motifs is 1. The Bertz CT molecular complexity index is 1070. The highest BCUT2D eigenvalue weighted by molar-refractivity contribution is 6.19. The molecule has 0 saturated heterocycles. The SMILES string of the molecule is COc1ccc(N(C(C)=O)C(=O)C2(OC)C=CC=C3C2=C(OC(C)=O)CC(=O)N3C)cc1. The maximum atomic E-state index is 13.9. The van der Waals surface area contributed by atoms with Crippen molar-refractivity contribution in [1.82, 2.24) is 4.90 Å². The third-order valence-electron chi connectivity index (χ3n) is 5.29. The topological polar surface area (TPSA) is 102 Å². The summed E-state index contributed by atoms with van der Waals surface area (Å²) in [7, 11) is 4.37. The van der Waals surface area contributed by atoms with Crippen LogP contribution >= 0.6 is 0 Å². The third-order valence-corrected chi connectivity index (χ3v) is 5.29. The van der Waals surface area contributed by atoms with Gasteiger partial charge in [0.05, 0.1) is 30.5 Å². The quantitative estimate of drug-likeness (QED) is 0.646. The number of rotatable bonds is 5. The van der Waals surface area contributed by atoms with Crippen molar-refractivity contribution in [3.8, 4) is 5.75 Å². The van der Waals surface area contributed by atoms with Crippen LogP contribution in [0.5, 0.6) is 5.75 Å². The first-order valence-corrected chi connectivity index (χ1v) is 9.79. The molecule has 3 amide bonds. The zero-order chi connectivity index (χ0) is 23.6. The Labute approximate surface area is 185 Å². The number of methoxy groups -OCH3 is 2. The number of carbonyl (C=O) groups is 4. The number of likely N-dealkylation sites (N-methyl/N-ethyl adjacent to an activating group) is 1. The lowest BCUT2D eigenvalue weighted by Crippen LogP contribution is -2.55. The fraction of sp³-hybridized carbons (Fsp3) is 0.304. The summed E-state index contributed by atoms with van der Waals surface area (Å²) >= 11 is 0. The zero-order valence-corrected chi connectivity index (χ0v) is 18.5. The number of ether oxygens (including phenoxy) is 3. The summed E-state index contributed by atoms with van der Waals surface area (Å²) in [5.41, 5.74) is -0.966. The van der Waals surface area contributed by atoms with Gasteiger partial charge >= 0.3 is 5.97 Å². The zero-order valence-electron chi connectivity index (χ0n) is 18.5. The van der Waals surface area contributed by atoms with Gasteiger partial charge in [0.15, 0.2) is 5.60 Å². The highest BCUT2D eigenvalue weighted by Gasteiger charge is 2.51. The summed E-state index contributed by atoms with van der Waals surface area (Å²) in [6.45, 7) is 2.46. The molecule has 2 aliphatic rings. The van der Waals surface area contributed by atoms with Crippen molar-refractivity contribution in [3.63, 3.8) is 0 Å². The second-order valence-electron chi connectivity index (χ2n) is 7.23. The number of amides is 3. The van der Waals surface area contributed by atoms with Crippen molar-refractivity contribution in [2.24, 2.45) is 0 Å². The van der Waals surface area contributed by atoms with Gasteiger partial charge in [0.25, 0.3) is 5.91 Å². The summed E-state index contributed by atoms with van der Waals surface area (Å²) in [6, 6.07) is 6.39. The number of nitrogens with zero attached hydrogens (tertiary/aromatic N) is 2. The molecule has 0 saturated carbocycles. The predicted molar refractivity (Wildman–Crippen MR) is 114 cm³/mol. The Morgan fingerprint density at radius 2 is 1.75 bits per heavy atom. The van der Waals surface area contributed by atoms with E-state index < -0.39 is 23.4 Å². The van der Waals surface area contributed by atoms with Crippen molar-refractivity contribution in [1.29, 1.82) is 0 Å². The van der Waals surface area contributed by atoms with E-state index in [9.17, 15) is 19.2 Å². The van der Waals surface area contributed by atoms with E-state index >= 15 is 0 Å². The molecular formula is C23H24N2O7. The highest BCUT2D eigenvalue weighted by atomic mass is 16.5. The molecule has 1 aliphatic heterocycles. The molecule has 0 aromatic heterocycles. The molecule has 3 rings (SSSR count). The van der Waals surface area contributed by atoms with Gasteiger partial charge in [-0.2, -0.15) is 0 Å². The number of hydrogen-bond donors (Lipinski definition) is 0. The number of imide groups is 1. The summed E-state index contributed by atoms with van der Waals surface area (Å²) in [6.07, 6.45) is 4.41. The van der Waals surface area contributed by atoms with E-state index in [-0.39, 0.29) is 23.7 Å². The monoisotopic (exact) mass is 440 g/mol. The van der Waals surface area contributed by atoms with E-state index in [0.717, 1.165) is 4.90 Å². The minimum absolute atomic E-state index is 0.00429. The Kier molecular flexibility index (Phi) is 6.31. The minimum atomic E-state index is -1.81. The van der Waals surface area contributed by atoms with Gasteiger partial charge < -0.3 is 19.1 Å². The molecule has 1 atom stereocenters. The second kappa shape index (κ2) is 8.80. The van der Waals surface area contributed by atoms with Gasteiger partial charge in [-0.05, 0) is 36.4 Å². The summed E-state index contributed by atoms with van der Waals surface area (Å²) < 4.78 is 16.2. The normalized spacial score (nSPS) is 19.8. The van der Waals surface area contributed by atoms with E-state index in [2.05, 4.69) is 0 Å². The predicted octanol–water partition coefficient (Wildman–Crippen LogP) is 2.09. The van der Waals surface area contributed by atoms with Crippen molar-refractivity contribution in [2.75, 3.05) is 26.2 Å². The molecule has 0 spiro atoms. The fourth-order valence-electron chi connectivity index (χ4n) is 3.78. The van der Waals surface area contributed by atoms with Crippen LogP contribution in [0, 0.1) is 0 Å². The Morgan fingerprint density at radius 1 is 1.09 bits per heavy atom. The van der Waals surface area contributed by atoms with Gasteiger partial charge in [-0.1, -0.05) is 6.08 Å². The molecule has 1 aliphatic carbocycles. The highest BCUT2D eigenvalue weighted by Crippen LogP contribution is 2.42. The number of benzene rings is 1. The van der Waals surface area contributed by atoms with Gasteiger partial charge in [0.2, 0.25) is 11.8 Å². The van der Waals surface area contributed by atoms with Gasteiger partial charge in [-0.25, -0.2) is 4.90 Å². The average molecular weight is 440 g/mol. The molecule has 0 N–H and O–H groups in total. The first-order valence-electron chi connectivity index (χ1n) is 9.79. The lowest BCUT2D eigenvalue weighted by atomic mass is 9.81. The molecule has 0 bridgehead atoms. The molecule has 1 aromatic carbocycles. The van der Waals surface area contributed by atoms with Crippen LogP contribution in [-0.4, -0.2) is 55.5 Å². The van der Waals surface area contributed by atoms with Crippen LogP contribution in [-0.2, 0) is 28.7 Å². The van der Waals surface area contributed by atoms with Crippen LogP contribution in [0.25, 0.3) is 0 Å². The molecule has 0 fully saturated rings. The van der Waals surface area contributed by atoms with Gasteiger partial charge in [-0.15, -0.1) is 0 Å². The van der Waals surface area contributed by atoms with E-state index in [1.165, 1.54) is 39.0 Å². The van der Waals surface area contributed by atoms with Crippen molar-refractivity contribution in [3.05, 3.63) is 59.5 Å². The molecule has 1 heterocycles. The van der Waals surface area contributed by atoms with Crippen LogP contribution in [0.3, 0.4) is 0 Å². The van der Waals surface area contributed by atoms with E-state index in [1.54, 1.807) is 43.5 Å². The van der Waals surface area contributed by atoms with Crippen molar-refractivity contribution < 1.29 is 33.4 Å². The molecule has 1 unspecified atom stereocenters. The van der Waals surface area contributed by atoms with Gasteiger partial charge in [0.1, 0.15) is 11.5 Å². The maximum Gasteiger partial charge on any atom is 0.307 e.